The number of aliphatic hydroxyl groups excluding tert-OH is 1. The number of hydrogen-bond donors (Lipinski definition) is 1. The third-order valence-corrected chi connectivity index (χ3v) is 4.34. The second kappa shape index (κ2) is 5.16. The molecule has 0 unspecified atom stereocenters. The number of alkyl halides is 1. The minimum atomic E-state index is -0.730. The molecule has 17 heavy (non-hydrogen) atoms. The Morgan fingerprint density at radius 3 is 2.76 bits per heavy atom. The topological polar surface area (TPSA) is 29.5 Å². The summed E-state index contributed by atoms with van der Waals surface area (Å²) in [5.41, 5.74) is -0.351. The summed E-state index contributed by atoms with van der Waals surface area (Å²) in [5.74, 6) is -1.15. The largest absolute Gasteiger partial charge is 0.396 e. The van der Waals surface area contributed by atoms with Crippen molar-refractivity contribution in [1.82, 2.24) is 0 Å². The van der Waals surface area contributed by atoms with Crippen molar-refractivity contribution in [2.24, 2.45) is 5.92 Å². The zero-order valence-corrected chi connectivity index (χ0v) is 11.3. The highest BCUT2D eigenvalue weighted by Crippen LogP contribution is 2.41. The van der Waals surface area contributed by atoms with E-state index in [9.17, 15) is 8.78 Å². The number of rotatable bonds is 3. The van der Waals surface area contributed by atoms with E-state index in [2.05, 4.69) is 22.6 Å². The Kier molecular flexibility index (Phi) is 3.99. The highest BCUT2D eigenvalue weighted by atomic mass is 127. The molecule has 1 aromatic carbocycles. The van der Waals surface area contributed by atoms with Gasteiger partial charge in [0.2, 0.25) is 0 Å². The second-order valence-corrected chi connectivity index (χ2v) is 5.08. The molecule has 1 fully saturated rings. The molecule has 2 atom stereocenters. The maximum absolute atomic E-state index is 13.8. The second-order valence-electron chi connectivity index (χ2n) is 4.32. The molecule has 2 nitrogen and oxygen atoms in total. The molecule has 1 aliphatic rings. The number of aliphatic hydroxyl groups is 1. The van der Waals surface area contributed by atoms with E-state index >= 15 is 0 Å². The zero-order valence-electron chi connectivity index (χ0n) is 9.13. The predicted octanol–water partition coefficient (Wildman–Crippen LogP) is 2.62. The van der Waals surface area contributed by atoms with Gasteiger partial charge in [0.1, 0.15) is 17.2 Å². The van der Waals surface area contributed by atoms with Gasteiger partial charge in [-0.05, 0) is 12.5 Å². The van der Waals surface area contributed by atoms with Crippen molar-refractivity contribution in [3.63, 3.8) is 0 Å². The Morgan fingerprint density at radius 1 is 1.47 bits per heavy atom. The molecular formula is C12H13F2IO2. The molecule has 0 aromatic heterocycles. The van der Waals surface area contributed by atoms with Crippen LogP contribution in [0.15, 0.2) is 18.2 Å². The van der Waals surface area contributed by atoms with Crippen molar-refractivity contribution < 1.29 is 18.6 Å². The number of halogens is 3. The Labute approximate surface area is 112 Å². The van der Waals surface area contributed by atoms with Crippen LogP contribution in [-0.4, -0.2) is 22.7 Å². The van der Waals surface area contributed by atoms with Crippen molar-refractivity contribution in [2.75, 3.05) is 17.6 Å². The first-order chi connectivity index (χ1) is 8.11. The van der Waals surface area contributed by atoms with E-state index in [-0.39, 0.29) is 12.5 Å². The molecule has 0 aliphatic carbocycles. The molecule has 0 saturated carbocycles. The third-order valence-electron chi connectivity index (χ3n) is 3.11. The first-order valence-electron chi connectivity index (χ1n) is 5.37. The highest BCUT2D eigenvalue weighted by molar-refractivity contribution is 14.1. The van der Waals surface area contributed by atoms with Gasteiger partial charge >= 0.3 is 0 Å². The molecule has 0 amide bonds. The Morgan fingerprint density at radius 2 is 2.24 bits per heavy atom. The molecular weight excluding hydrogens is 341 g/mol. The van der Waals surface area contributed by atoms with Crippen LogP contribution in [0.25, 0.3) is 0 Å². The average Bonchev–Trinajstić information content (AvgIpc) is 2.74. The van der Waals surface area contributed by atoms with E-state index < -0.39 is 17.2 Å². The van der Waals surface area contributed by atoms with E-state index in [1.54, 1.807) is 0 Å². The number of benzene rings is 1. The Balaban J connectivity index is 2.35. The third kappa shape index (κ3) is 2.46. The van der Waals surface area contributed by atoms with Gasteiger partial charge in [-0.15, -0.1) is 0 Å². The smallest absolute Gasteiger partial charge is 0.132 e. The van der Waals surface area contributed by atoms with Crippen LogP contribution in [-0.2, 0) is 10.3 Å². The first kappa shape index (κ1) is 13.2. The fourth-order valence-electron chi connectivity index (χ4n) is 2.19. The van der Waals surface area contributed by atoms with Gasteiger partial charge in [-0.3, -0.25) is 0 Å². The number of ether oxygens (including phenoxy) is 1. The fourth-order valence-corrected chi connectivity index (χ4v) is 3.13. The van der Waals surface area contributed by atoms with Crippen LogP contribution in [0, 0.1) is 17.6 Å². The van der Waals surface area contributed by atoms with Crippen LogP contribution >= 0.6 is 22.6 Å². The minimum absolute atomic E-state index is 0.0224. The monoisotopic (exact) mass is 354 g/mol. The maximum Gasteiger partial charge on any atom is 0.132 e. The van der Waals surface area contributed by atoms with Crippen LogP contribution in [0.1, 0.15) is 12.0 Å². The lowest BCUT2D eigenvalue weighted by Gasteiger charge is -2.27. The lowest BCUT2D eigenvalue weighted by atomic mass is 9.89. The van der Waals surface area contributed by atoms with E-state index in [4.69, 9.17) is 9.84 Å². The van der Waals surface area contributed by atoms with Crippen molar-refractivity contribution >= 4 is 22.6 Å². The van der Waals surface area contributed by atoms with Crippen LogP contribution in [0.5, 0.6) is 0 Å². The van der Waals surface area contributed by atoms with E-state index in [1.165, 1.54) is 12.1 Å². The Bertz CT molecular complexity index is 413. The predicted molar refractivity (Wildman–Crippen MR) is 68.1 cm³/mol. The lowest BCUT2D eigenvalue weighted by molar-refractivity contribution is 0.0186. The van der Waals surface area contributed by atoms with Gasteiger partial charge < -0.3 is 9.84 Å². The summed E-state index contributed by atoms with van der Waals surface area (Å²) in [4.78, 5) is 0. The Hall–Kier alpha value is -0.270. The van der Waals surface area contributed by atoms with Gasteiger partial charge in [-0.1, -0.05) is 28.7 Å². The molecule has 1 saturated heterocycles. The van der Waals surface area contributed by atoms with Crippen LogP contribution < -0.4 is 0 Å². The number of hydrogen-bond acceptors (Lipinski definition) is 2. The minimum Gasteiger partial charge on any atom is -0.396 e. The maximum atomic E-state index is 13.8. The fraction of sp³-hybridized carbons (Fsp3) is 0.500. The molecule has 1 aliphatic heterocycles. The van der Waals surface area contributed by atoms with Crippen molar-refractivity contribution in [2.45, 2.75) is 12.0 Å². The van der Waals surface area contributed by atoms with Crippen LogP contribution in [0.3, 0.4) is 0 Å². The summed E-state index contributed by atoms with van der Waals surface area (Å²) in [6.07, 6.45) is 0.564. The summed E-state index contributed by atoms with van der Waals surface area (Å²) in [6, 6.07) is 3.55. The van der Waals surface area contributed by atoms with Crippen LogP contribution in [0.4, 0.5) is 8.78 Å². The van der Waals surface area contributed by atoms with Gasteiger partial charge in [0, 0.05) is 28.6 Å². The summed E-state index contributed by atoms with van der Waals surface area (Å²) >= 11 is 2.13. The molecule has 0 bridgehead atoms. The van der Waals surface area contributed by atoms with E-state index in [0.29, 0.717) is 23.0 Å². The molecule has 5 heteroatoms. The molecule has 1 aromatic rings. The summed E-state index contributed by atoms with van der Waals surface area (Å²) < 4.78 is 32.9. The first-order valence-corrected chi connectivity index (χ1v) is 6.90. The van der Waals surface area contributed by atoms with Gasteiger partial charge in [0.25, 0.3) is 0 Å². The average molecular weight is 354 g/mol. The van der Waals surface area contributed by atoms with Crippen LogP contribution in [0.2, 0.25) is 0 Å². The SMILES string of the molecule is OC[C@@H]1CO[C@](CI)(c2ccc(F)cc2F)C1. The van der Waals surface area contributed by atoms with Gasteiger partial charge in [0.15, 0.2) is 0 Å². The summed E-state index contributed by atoms with van der Waals surface area (Å²) in [7, 11) is 0. The van der Waals surface area contributed by atoms with Gasteiger partial charge in [-0.25, -0.2) is 8.78 Å². The summed E-state index contributed by atoms with van der Waals surface area (Å²) in [6.45, 7) is 0.442. The van der Waals surface area contributed by atoms with Crippen molar-refractivity contribution in [3.05, 3.63) is 35.4 Å². The summed E-state index contributed by atoms with van der Waals surface area (Å²) in [5, 5.41) is 9.12. The molecule has 0 spiro atoms. The molecule has 94 valence electrons. The molecule has 1 heterocycles. The van der Waals surface area contributed by atoms with Crippen molar-refractivity contribution in [1.29, 1.82) is 0 Å². The lowest BCUT2D eigenvalue weighted by Crippen LogP contribution is -2.28. The highest BCUT2D eigenvalue weighted by Gasteiger charge is 2.42. The van der Waals surface area contributed by atoms with E-state index in [1.807, 2.05) is 0 Å². The molecule has 1 N–H and O–H groups in total. The van der Waals surface area contributed by atoms with Gasteiger partial charge in [-0.2, -0.15) is 0 Å². The van der Waals surface area contributed by atoms with Gasteiger partial charge in [0.05, 0.1) is 6.61 Å². The standard InChI is InChI=1S/C12H13F2IO2/c13-9-1-2-10(11(14)3-9)12(7-15)4-8(5-16)6-17-12/h1-3,8,16H,4-7H2/t8-,12-/m1/s1. The normalized spacial score (nSPS) is 28.6. The van der Waals surface area contributed by atoms with Crippen molar-refractivity contribution in [3.8, 4) is 0 Å². The zero-order chi connectivity index (χ0) is 12.5. The molecule has 2 rings (SSSR count). The quantitative estimate of drug-likeness (QED) is 0.668. The van der Waals surface area contributed by atoms with E-state index in [0.717, 1.165) is 6.07 Å². The molecule has 0 radical (unpaired) electrons.